The first-order valence-corrected chi connectivity index (χ1v) is 6.82. The summed E-state index contributed by atoms with van der Waals surface area (Å²) in [4.78, 5) is 7.15. The number of hydrogen-bond acceptors (Lipinski definition) is 3. The van der Waals surface area contributed by atoms with Crippen LogP contribution in [0.25, 0.3) is 0 Å². The molecule has 0 amide bonds. The van der Waals surface area contributed by atoms with Crippen molar-refractivity contribution in [1.82, 2.24) is 4.98 Å². The molecule has 0 aliphatic rings. The highest BCUT2D eigenvalue weighted by atomic mass is 79.9. The van der Waals surface area contributed by atoms with Crippen LogP contribution in [0.1, 0.15) is 19.4 Å². The molecule has 1 rings (SSSR count). The molecule has 1 aromatic heterocycles. The van der Waals surface area contributed by atoms with Crippen LogP contribution in [0.5, 0.6) is 0 Å². The minimum absolute atomic E-state index is 0.180. The molecule has 5 heteroatoms. The van der Waals surface area contributed by atoms with E-state index in [-0.39, 0.29) is 5.92 Å². The molecule has 17 heavy (non-hydrogen) atoms. The molecule has 3 nitrogen and oxygen atoms in total. The van der Waals surface area contributed by atoms with Crippen LogP contribution >= 0.6 is 28.1 Å². The number of nitrogens with zero attached hydrogens (tertiary/aromatic N) is 2. The van der Waals surface area contributed by atoms with E-state index in [2.05, 4.69) is 39.7 Å². The van der Waals surface area contributed by atoms with Crippen molar-refractivity contribution in [2.24, 2.45) is 11.7 Å². The van der Waals surface area contributed by atoms with Crippen molar-refractivity contribution in [3.05, 3.63) is 22.3 Å². The lowest BCUT2D eigenvalue weighted by molar-refractivity contribution is 0.698. The number of halogens is 1. The molecule has 0 saturated carbocycles. The second-order valence-electron chi connectivity index (χ2n) is 4.11. The number of rotatable bonds is 5. The van der Waals surface area contributed by atoms with Crippen molar-refractivity contribution < 1.29 is 0 Å². The highest BCUT2D eigenvalue weighted by Crippen LogP contribution is 2.27. The Morgan fingerprint density at radius 2 is 2.29 bits per heavy atom. The molecule has 94 valence electrons. The first-order chi connectivity index (χ1) is 7.97. The molecule has 0 aliphatic heterocycles. The van der Waals surface area contributed by atoms with E-state index in [0.29, 0.717) is 4.99 Å². The summed E-state index contributed by atoms with van der Waals surface area (Å²) in [6, 6.07) is 1.98. The summed E-state index contributed by atoms with van der Waals surface area (Å²) in [6.07, 6.45) is 1.82. The fourth-order valence-corrected chi connectivity index (χ4v) is 2.09. The topological polar surface area (TPSA) is 42.1 Å². The van der Waals surface area contributed by atoms with Crippen molar-refractivity contribution in [1.29, 1.82) is 0 Å². The van der Waals surface area contributed by atoms with Crippen LogP contribution < -0.4 is 10.6 Å². The van der Waals surface area contributed by atoms with Crippen LogP contribution in [-0.4, -0.2) is 23.1 Å². The van der Waals surface area contributed by atoms with Crippen molar-refractivity contribution in [3.8, 4) is 0 Å². The molecule has 0 spiro atoms. The first kappa shape index (κ1) is 14.4. The highest BCUT2D eigenvalue weighted by molar-refractivity contribution is 9.10. The predicted molar refractivity (Wildman–Crippen MR) is 80.5 cm³/mol. The van der Waals surface area contributed by atoms with Gasteiger partial charge >= 0.3 is 0 Å². The Kier molecular flexibility index (Phi) is 5.33. The molecule has 2 N–H and O–H groups in total. The number of thiocarbonyl (C=S) groups is 1. The molecular formula is C12H18BrN3S. The van der Waals surface area contributed by atoms with Gasteiger partial charge in [-0.3, -0.25) is 0 Å². The largest absolute Gasteiger partial charge is 0.393 e. The van der Waals surface area contributed by atoms with Crippen LogP contribution in [0, 0.1) is 12.8 Å². The fraction of sp³-hybridized carbons (Fsp3) is 0.500. The predicted octanol–water partition coefficient (Wildman–Crippen LogP) is 2.90. The zero-order valence-corrected chi connectivity index (χ0v) is 12.8. The van der Waals surface area contributed by atoms with Gasteiger partial charge in [-0.2, -0.15) is 0 Å². The number of aryl methyl sites for hydroxylation is 1. The highest BCUT2D eigenvalue weighted by Gasteiger charge is 2.15. The Hall–Kier alpha value is -0.680. The summed E-state index contributed by atoms with van der Waals surface area (Å²) in [5.41, 5.74) is 6.83. The third-order valence-electron chi connectivity index (χ3n) is 2.73. The Morgan fingerprint density at radius 3 is 2.82 bits per heavy atom. The smallest absolute Gasteiger partial charge is 0.143 e. The van der Waals surface area contributed by atoms with Gasteiger partial charge in [0.1, 0.15) is 5.82 Å². The lowest BCUT2D eigenvalue weighted by atomic mass is 10.1. The van der Waals surface area contributed by atoms with Crippen molar-refractivity contribution in [2.75, 3.05) is 18.0 Å². The molecular weight excluding hydrogens is 298 g/mol. The van der Waals surface area contributed by atoms with Crippen molar-refractivity contribution in [3.63, 3.8) is 0 Å². The maximum absolute atomic E-state index is 5.66. The van der Waals surface area contributed by atoms with Gasteiger partial charge in [-0.25, -0.2) is 4.98 Å². The SMILES string of the molecule is CCN(CC(C)C(N)=S)c1nccc(C)c1Br. The van der Waals surface area contributed by atoms with Gasteiger partial charge in [0.15, 0.2) is 0 Å². The van der Waals surface area contributed by atoms with E-state index in [1.807, 2.05) is 19.2 Å². The molecule has 0 radical (unpaired) electrons. The van der Waals surface area contributed by atoms with E-state index in [0.717, 1.165) is 23.4 Å². The van der Waals surface area contributed by atoms with Crippen LogP contribution in [0.15, 0.2) is 16.7 Å². The third-order valence-corrected chi connectivity index (χ3v) is 4.11. The van der Waals surface area contributed by atoms with Gasteiger partial charge in [-0.1, -0.05) is 19.1 Å². The number of hydrogen-bond donors (Lipinski definition) is 1. The Labute approximate surface area is 117 Å². The summed E-state index contributed by atoms with van der Waals surface area (Å²) < 4.78 is 1.04. The standard InChI is InChI=1S/C12H18BrN3S/c1-4-16(7-9(3)11(14)17)12-10(13)8(2)5-6-15-12/h5-6,9H,4,7H2,1-3H3,(H2,14,17). The van der Waals surface area contributed by atoms with E-state index in [1.165, 1.54) is 5.56 Å². The Balaban J connectivity index is 2.94. The second-order valence-corrected chi connectivity index (χ2v) is 5.37. The Morgan fingerprint density at radius 1 is 1.65 bits per heavy atom. The summed E-state index contributed by atoms with van der Waals surface area (Å²) >= 11 is 8.59. The number of aromatic nitrogens is 1. The van der Waals surface area contributed by atoms with Gasteiger partial charge < -0.3 is 10.6 Å². The lowest BCUT2D eigenvalue weighted by Gasteiger charge is -2.26. The molecule has 0 bridgehead atoms. The molecule has 1 aromatic rings. The average molecular weight is 316 g/mol. The van der Waals surface area contributed by atoms with Gasteiger partial charge in [0.25, 0.3) is 0 Å². The quantitative estimate of drug-likeness (QED) is 0.848. The minimum atomic E-state index is 0.180. The van der Waals surface area contributed by atoms with Gasteiger partial charge in [-0.05, 0) is 41.4 Å². The van der Waals surface area contributed by atoms with Gasteiger partial charge in [0.2, 0.25) is 0 Å². The van der Waals surface area contributed by atoms with Gasteiger partial charge in [0, 0.05) is 25.2 Å². The van der Waals surface area contributed by atoms with E-state index >= 15 is 0 Å². The molecule has 1 atom stereocenters. The monoisotopic (exact) mass is 315 g/mol. The van der Waals surface area contributed by atoms with E-state index in [1.54, 1.807) is 0 Å². The Bertz CT molecular complexity index is 409. The molecule has 1 unspecified atom stereocenters. The number of anilines is 1. The molecule has 1 heterocycles. The van der Waals surface area contributed by atoms with Crippen LogP contribution in [0.4, 0.5) is 5.82 Å². The zero-order valence-electron chi connectivity index (χ0n) is 10.4. The van der Waals surface area contributed by atoms with Crippen LogP contribution in [0.3, 0.4) is 0 Å². The summed E-state index contributed by atoms with van der Waals surface area (Å²) in [5, 5.41) is 0. The van der Waals surface area contributed by atoms with E-state index < -0.39 is 0 Å². The number of nitrogens with two attached hydrogens (primary N) is 1. The van der Waals surface area contributed by atoms with Gasteiger partial charge in [-0.15, -0.1) is 0 Å². The summed E-state index contributed by atoms with van der Waals surface area (Å²) in [7, 11) is 0. The fourth-order valence-electron chi connectivity index (χ4n) is 1.53. The molecule has 0 fully saturated rings. The van der Waals surface area contributed by atoms with E-state index in [9.17, 15) is 0 Å². The maximum atomic E-state index is 5.66. The van der Waals surface area contributed by atoms with Crippen molar-refractivity contribution >= 4 is 39.0 Å². The summed E-state index contributed by atoms with van der Waals surface area (Å²) in [5.74, 6) is 1.13. The average Bonchev–Trinajstić information content (AvgIpc) is 2.29. The van der Waals surface area contributed by atoms with Crippen molar-refractivity contribution in [2.45, 2.75) is 20.8 Å². The zero-order chi connectivity index (χ0) is 13.0. The van der Waals surface area contributed by atoms with E-state index in [4.69, 9.17) is 18.0 Å². The van der Waals surface area contributed by atoms with Crippen LogP contribution in [-0.2, 0) is 0 Å². The lowest BCUT2D eigenvalue weighted by Crippen LogP contribution is -2.34. The second kappa shape index (κ2) is 6.31. The minimum Gasteiger partial charge on any atom is -0.393 e. The van der Waals surface area contributed by atoms with Gasteiger partial charge in [0.05, 0.1) is 9.46 Å². The summed E-state index contributed by atoms with van der Waals surface area (Å²) in [6.45, 7) is 7.86. The van der Waals surface area contributed by atoms with Crippen LogP contribution in [0.2, 0.25) is 0 Å². The third kappa shape index (κ3) is 3.64. The molecule has 0 aromatic carbocycles. The molecule has 0 saturated heterocycles. The normalized spacial score (nSPS) is 12.2. The number of pyridine rings is 1. The molecule has 0 aliphatic carbocycles. The first-order valence-electron chi connectivity index (χ1n) is 5.62. The maximum Gasteiger partial charge on any atom is 0.143 e.